The van der Waals surface area contributed by atoms with Crippen molar-refractivity contribution >= 4 is 29.2 Å². The summed E-state index contributed by atoms with van der Waals surface area (Å²) in [7, 11) is 0. The molecule has 2 aliphatic heterocycles. The molecule has 4 rings (SSSR count). The molecule has 0 unspecified atom stereocenters. The maximum atomic E-state index is 12.4. The molecule has 2 heterocycles. The molecular formula is C23H23ClN2O5. The normalized spacial score (nSPS) is 15.3. The van der Waals surface area contributed by atoms with Gasteiger partial charge in [-0.1, -0.05) is 41.9 Å². The van der Waals surface area contributed by atoms with Crippen LogP contribution in [0.1, 0.15) is 36.8 Å². The van der Waals surface area contributed by atoms with E-state index >= 15 is 0 Å². The summed E-state index contributed by atoms with van der Waals surface area (Å²) in [6.07, 6.45) is 1.51. The summed E-state index contributed by atoms with van der Waals surface area (Å²) in [5.41, 5.74) is 2.58. The maximum absolute atomic E-state index is 12.4. The second-order valence-electron chi connectivity index (χ2n) is 7.30. The minimum absolute atomic E-state index is 0.0101. The Labute approximate surface area is 185 Å². The molecule has 1 amide bonds. The predicted octanol–water partition coefficient (Wildman–Crippen LogP) is 3.96. The molecule has 2 aliphatic rings. The van der Waals surface area contributed by atoms with E-state index in [-0.39, 0.29) is 25.4 Å². The Morgan fingerprint density at radius 3 is 2.74 bits per heavy atom. The van der Waals surface area contributed by atoms with Gasteiger partial charge in [-0.3, -0.25) is 9.59 Å². The van der Waals surface area contributed by atoms with E-state index in [1.807, 2.05) is 30.3 Å². The van der Waals surface area contributed by atoms with E-state index in [0.29, 0.717) is 48.3 Å². The molecule has 7 nitrogen and oxygen atoms in total. The highest BCUT2D eigenvalue weighted by atomic mass is 35.5. The summed E-state index contributed by atoms with van der Waals surface area (Å²) in [5.74, 6) is 0.415. The third-order valence-corrected chi connectivity index (χ3v) is 5.28. The van der Waals surface area contributed by atoms with E-state index < -0.39 is 5.97 Å². The number of hydrazone groups is 1. The number of carbonyl (C=O) groups excluding carboxylic acids is 2. The smallest absolute Gasteiger partial charge is 0.306 e. The summed E-state index contributed by atoms with van der Waals surface area (Å²) < 4.78 is 16.5. The maximum Gasteiger partial charge on any atom is 0.306 e. The van der Waals surface area contributed by atoms with Gasteiger partial charge in [-0.05, 0) is 23.3 Å². The molecule has 0 bridgehead atoms. The average molecular weight is 443 g/mol. The fourth-order valence-corrected chi connectivity index (χ4v) is 3.70. The Balaban J connectivity index is 1.26. The average Bonchev–Trinajstić information content (AvgIpc) is 3.16. The summed E-state index contributed by atoms with van der Waals surface area (Å²) in [5, 5.41) is 6.24. The molecule has 2 aromatic rings. The van der Waals surface area contributed by atoms with Crippen molar-refractivity contribution in [3.8, 4) is 11.5 Å². The number of fused-ring (bicyclic) bond motifs is 1. The Morgan fingerprint density at radius 1 is 1.10 bits per heavy atom. The number of rotatable bonds is 6. The number of nitrogens with zero attached hydrogens (tertiary/aromatic N) is 2. The minimum Gasteiger partial charge on any atom is -0.489 e. The topological polar surface area (TPSA) is 77.4 Å². The SMILES string of the molecule is O=C(CCC(=O)N1CCC(c2ccccc2)=N1)OCc1cc(Cl)c2c(c1)OCCCO2. The van der Waals surface area contributed by atoms with Crippen LogP contribution in [0.2, 0.25) is 5.02 Å². The highest BCUT2D eigenvalue weighted by Gasteiger charge is 2.22. The third kappa shape index (κ3) is 5.35. The fourth-order valence-electron chi connectivity index (χ4n) is 3.41. The number of hydrogen-bond acceptors (Lipinski definition) is 6. The van der Waals surface area contributed by atoms with Crippen LogP contribution in [0.3, 0.4) is 0 Å². The van der Waals surface area contributed by atoms with Gasteiger partial charge >= 0.3 is 5.97 Å². The minimum atomic E-state index is -0.456. The molecule has 0 saturated heterocycles. The van der Waals surface area contributed by atoms with Crippen LogP contribution < -0.4 is 9.47 Å². The van der Waals surface area contributed by atoms with E-state index in [9.17, 15) is 9.59 Å². The van der Waals surface area contributed by atoms with Gasteiger partial charge in [0.2, 0.25) is 5.91 Å². The molecule has 0 aliphatic carbocycles. The molecule has 0 spiro atoms. The van der Waals surface area contributed by atoms with Crippen molar-refractivity contribution in [3.05, 3.63) is 58.6 Å². The van der Waals surface area contributed by atoms with Crippen LogP contribution in [-0.2, 0) is 20.9 Å². The van der Waals surface area contributed by atoms with Crippen molar-refractivity contribution in [3.63, 3.8) is 0 Å². The number of amides is 1. The number of hydrogen-bond donors (Lipinski definition) is 0. The lowest BCUT2D eigenvalue weighted by atomic mass is 10.1. The molecule has 0 aromatic heterocycles. The molecule has 2 aromatic carbocycles. The Bertz CT molecular complexity index is 993. The summed E-state index contributed by atoms with van der Waals surface area (Å²) in [6.45, 7) is 1.65. The lowest BCUT2D eigenvalue weighted by molar-refractivity contribution is -0.147. The lowest BCUT2D eigenvalue weighted by Crippen LogP contribution is -2.24. The van der Waals surface area contributed by atoms with E-state index in [4.69, 9.17) is 25.8 Å². The van der Waals surface area contributed by atoms with Gasteiger partial charge in [-0.25, -0.2) is 5.01 Å². The second kappa shape index (κ2) is 9.83. The number of benzene rings is 2. The lowest BCUT2D eigenvalue weighted by Gasteiger charge is -2.13. The van der Waals surface area contributed by atoms with E-state index in [2.05, 4.69) is 5.10 Å². The largest absolute Gasteiger partial charge is 0.489 e. The van der Waals surface area contributed by atoms with Crippen LogP contribution in [-0.4, -0.2) is 42.4 Å². The molecule has 0 fully saturated rings. The van der Waals surface area contributed by atoms with Gasteiger partial charge in [-0.15, -0.1) is 0 Å². The van der Waals surface area contributed by atoms with Crippen LogP contribution in [0, 0.1) is 0 Å². The Kier molecular flexibility index (Phi) is 6.72. The summed E-state index contributed by atoms with van der Waals surface area (Å²) in [4.78, 5) is 24.5. The standard InChI is InChI=1S/C23H23ClN2O5/c24-18-13-16(14-20-23(18)30-12-4-11-29-20)15-31-22(28)8-7-21(27)26-10-9-19(25-26)17-5-2-1-3-6-17/h1-3,5-6,13-14H,4,7-12,15H2. The van der Waals surface area contributed by atoms with Crippen molar-refractivity contribution in [2.45, 2.75) is 32.3 Å². The molecule has 31 heavy (non-hydrogen) atoms. The number of esters is 1. The highest BCUT2D eigenvalue weighted by molar-refractivity contribution is 6.32. The van der Waals surface area contributed by atoms with Crippen LogP contribution >= 0.6 is 11.6 Å². The van der Waals surface area contributed by atoms with Gasteiger partial charge < -0.3 is 14.2 Å². The van der Waals surface area contributed by atoms with Gasteiger partial charge in [0, 0.05) is 19.3 Å². The molecule has 0 radical (unpaired) electrons. The van der Waals surface area contributed by atoms with E-state index in [0.717, 1.165) is 17.7 Å². The van der Waals surface area contributed by atoms with Gasteiger partial charge in [0.25, 0.3) is 0 Å². The van der Waals surface area contributed by atoms with Crippen LogP contribution in [0.25, 0.3) is 0 Å². The first-order valence-corrected chi connectivity index (χ1v) is 10.6. The Morgan fingerprint density at radius 2 is 1.90 bits per heavy atom. The molecule has 0 saturated carbocycles. The first-order valence-electron chi connectivity index (χ1n) is 10.3. The third-order valence-electron chi connectivity index (χ3n) is 5.00. The highest BCUT2D eigenvalue weighted by Crippen LogP contribution is 2.38. The fraction of sp³-hybridized carbons (Fsp3) is 0.348. The second-order valence-corrected chi connectivity index (χ2v) is 7.70. The van der Waals surface area contributed by atoms with Crippen molar-refractivity contribution < 1.29 is 23.8 Å². The molecule has 0 N–H and O–H groups in total. The van der Waals surface area contributed by atoms with Crippen molar-refractivity contribution in [2.24, 2.45) is 5.10 Å². The molecule has 162 valence electrons. The number of halogens is 1. The zero-order valence-electron chi connectivity index (χ0n) is 17.0. The zero-order valence-corrected chi connectivity index (χ0v) is 17.8. The first-order chi connectivity index (χ1) is 15.1. The van der Waals surface area contributed by atoms with Crippen LogP contribution in [0.5, 0.6) is 11.5 Å². The summed E-state index contributed by atoms with van der Waals surface area (Å²) in [6, 6.07) is 13.2. The Hall–Kier alpha value is -3.06. The predicted molar refractivity (Wildman–Crippen MR) is 115 cm³/mol. The molecular weight excluding hydrogens is 420 g/mol. The van der Waals surface area contributed by atoms with Crippen molar-refractivity contribution in [1.82, 2.24) is 5.01 Å². The van der Waals surface area contributed by atoms with E-state index in [1.165, 1.54) is 5.01 Å². The monoisotopic (exact) mass is 442 g/mol. The van der Waals surface area contributed by atoms with E-state index in [1.54, 1.807) is 12.1 Å². The van der Waals surface area contributed by atoms with Gasteiger partial charge in [0.05, 0.1) is 36.9 Å². The van der Waals surface area contributed by atoms with Crippen molar-refractivity contribution in [2.75, 3.05) is 19.8 Å². The summed E-state index contributed by atoms with van der Waals surface area (Å²) >= 11 is 6.26. The van der Waals surface area contributed by atoms with Crippen molar-refractivity contribution in [1.29, 1.82) is 0 Å². The van der Waals surface area contributed by atoms with Crippen LogP contribution in [0.15, 0.2) is 47.6 Å². The quantitative estimate of drug-likeness (QED) is 0.633. The van der Waals surface area contributed by atoms with Gasteiger partial charge in [0.15, 0.2) is 11.5 Å². The van der Waals surface area contributed by atoms with Gasteiger partial charge in [0.1, 0.15) is 6.61 Å². The number of carbonyl (C=O) groups is 2. The number of ether oxygens (including phenoxy) is 3. The molecule has 8 heteroatoms. The molecule has 0 atom stereocenters. The van der Waals surface area contributed by atoms with Crippen LogP contribution in [0.4, 0.5) is 0 Å². The zero-order chi connectivity index (χ0) is 21.6. The first kappa shape index (κ1) is 21.2. The van der Waals surface area contributed by atoms with Gasteiger partial charge in [-0.2, -0.15) is 5.10 Å².